The van der Waals surface area contributed by atoms with Crippen molar-refractivity contribution in [1.29, 1.82) is 0 Å². The van der Waals surface area contributed by atoms with E-state index >= 15 is 0 Å². The van der Waals surface area contributed by atoms with E-state index in [1.165, 1.54) is 18.2 Å². The van der Waals surface area contributed by atoms with Gasteiger partial charge in [-0.1, -0.05) is 24.3 Å². The molecule has 2 amide bonds. The number of carbonyl (C=O) groups is 1. The average Bonchev–Trinajstić information content (AvgIpc) is 3.04. The van der Waals surface area contributed by atoms with Gasteiger partial charge in [0.1, 0.15) is 18.0 Å². The number of nitrogens with zero attached hydrogens (tertiary/aromatic N) is 2. The number of hydrogen-bond acceptors (Lipinski definition) is 3. The predicted octanol–water partition coefficient (Wildman–Crippen LogP) is 4.37. The number of imidazole rings is 1. The minimum absolute atomic E-state index is 0.381. The number of halogens is 1. The van der Waals surface area contributed by atoms with Gasteiger partial charge >= 0.3 is 6.03 Å². The second-order valence-electron chi connectivity index (χ2n) is 5.97. The van der Waals surface area contributed by atoms with Crippen LogP contribution in [0.25, 0.3) is 16.6 Å². The summed E-state index contributed by atoms with van der Waals surface area (Å²) in [5, 5.41) is 5.30. The summed E-state index contributed by atoms with van der Waals surface area (Å²) in [5.41, 5.74) is 9.69. The van der Waals surface area contributed by atoms with Crippen molar-refractivity contribution in [2.45, 2.75) is 0 Å². The summed E-state index contributed by atoms with van der Waals surface area (Å²) < 4.78 is 15.0. The van der Waals surface area contributed by atoms with Crippen LogP contribution in [-0.2, 0) is 0 Å². The monoisotopic (exact) mass is 361 g/mol. The van der Waals surface area contributed by atoms with Crippen molar-refractivity contribution in [3.63, 3.8) is 0 Å². The van der Waals surface area contributed by atoms with Crippen LogP contribution in [-0.4, -0.2) is 15.4 Å². The molecule has 0 bridgehead atoms. The van der Waals surface area contributed by atoms with E-state index in [4.69, 9.17) is 5.73 Å². The fourth-order valence-electron chi connectivity index (χ4n) is 2.90. The molecule has 4 aromatic rings. The fraction of sp³-hybridized carbons (Fsp3) is 0. The number of nitrogen functional groups attached to an aromatic ring is 1. The Hall–Kier alpha value is -3.87. The van der Waals surface area contributed by atoms with E-state index < -0.39 is 11.8 Å². The van der Waals surface area contributed by atoms with Crippen molar-refractivity contribution >= 4 is 28.7 Å². The third-order valence-corrected chi connectivity index (χ3v) is 4.12. The van der Waals surface area contributed by atoms with Gasteiger partial charge in [0.2, 0.25) is 0 Å². The largest absolute Gasteiger partial charge is 0.382 e. The lowest BCUT2D eigenvalue weighted by Crippen LogP contribution is -2.19. The molecule has 2 heterocycles. The Bertz CT molecular complexity index is 1120. The predicted molar refractivity (Wildman–Crippen MR) is 104 cm³/mol. The number of pyridine rings is 1. The van der Waals surface area contributed by atoms with E-state index in [0.717, 1.165) is 16.6 Å². The quantitative estimate of drug-likeness (QED) is 0.507. The van der Waals surface area contributed by atoms with Gasteiger partial charge in [0.25, 0.3) is 0 Å². The Morgan fingerprint density at radius 2 is 1.78 bits per heavy atom. The molecule has 0 atom stereocenters. The average molecular weight is 361 g/mol. The Balaban J connectivity index is 1.52. The second kappa shape index (κ2) is 6.80. The van der Waals surface area contributed by atoms with Gasteiger partial charge in [-0.25, -0.2) is 14.2 Å². The first-order valence-corrected chi connectivity index (χ1v) is 8.25. The van der Waals surface area contributed by atoms with Crippen molar-refractivity contribution < 1.29 is 9.18 Å². The summed E-state index contributed by atoms with van der Waals surface area (Å²) in [7, 11) is 0. The van der Waals surface area contributed by atoms with E-state index in [0.29, 0.717) is 17.2 Å². The van der Waals surface area contributed by atoms with Crippen molar-refractivity contribution in [1.82, 2.24) is 9.38 Å². The molecule has 2 aromatic carbocycles. The van der Waals surface area contributed by atoms with Crippen molar-refractivity contribution in [3.05, 3.63) is 79.0 Å². The minimum Gasteiger partial charge on any atom is -0.382 e. The molecule has 0 saturated carbocycles. The standard InChI is InChI=1S/C20H16FN5O/c21-14-3-1-4-16(11-14)25-20(27)24-15-8-6-13(7-9-15)17-5-2-10-26-12-23-19(22)18(17)26/h1-12H,22H2,(H2,24,25,27). The first-order valence-electron chi connectivity index (χ1n) is 8.25. The van der Waals surface area contributed by atoms with Crippen LogP contribution < -0.4 is 16.4 Å². The number of anilines is 3. The summed E-state index contributed by atoms with van der Waals surface area (Å²) >= 11 is 0. The van der Waals surface area contributed by atoms with Gasteiger partial charge < -0.3 is 20.8 Å². The van der Waals surface area contributed by atoms with E-state index in [9.17, 15) is 9.18 Å². The van der Waals surface area contributed by atoms with Gasteiger partial charge in [0, 0.05) is 23.1 Å². The molecule has 0 radical (unpaired) electrons. The topological polar surface area (TPSA) is 84.4 Å². The van der Waals surface area contributed by atoms with E-state index in [2.05, 4.69) is 15.6 Å². The Kier molecular flexibility index (Phi) is 4.18. The number of carbonyl (C=O) groups excluding carboxylic acids is 1. The normalized spacial score (nSPS) is 10.7. The number of aromatic nitrogens is 2. The van der Waals surface area contributed by atoms with Gasteiger partial charge in [-0.2, -0.15) is 0 Å². The third kappa shape index (κ3) is 3.43. The molecule has 0 aliphatic rings. The highest BCUT2D eigenvalue weighted by Gasteiger charge is 2.09. The Labute approximate surface area is 154 Å². The Morgan fingerprint density at radius 3 is 2.56 bits per heavy atom. The molecule has 6 nitrogen and oxygen atoms in total. The highest BCUT2D eigenvalue weighted by atomic mass is 19.1. The lowest BCUT2D eigenvalue weighted by Gasteiger charge is -2.09. The summed E-state index contributed by atoms with van der Waals surface area (Å²) in [5.74, 6) is 0.0488. The minimum atomic E-state index is -0.449. The molecule has 0 saturated heterocycles. The first kappa shape index (κ1) is 16.6. The van der Waals surface area contributed by atoms with Crippen molar-refractivity contribution in [2.75, 3.05) is 16.4 Å². The van der Waals surface area contributed by atoms with Crippen molar-refractivity contribution in [2.24, 2.45) is 0 Å². The molecule has 0 aliphatic carbocycles. The summed E-state index contributed by atoms with van der Waals surface area (Å²) in [6.07, 6.45) is 3.55. The highest BCUT2D eigenvalue weighted by molar-refractivity contribution is 6.00. The SMILES string of the molecule is Nc1ncn2cccc(-c3ccc(NC(=O)Nc4cccc(F)c4)cc3)c12. The molecular formula is C20H16FN5O. The van der Waals surface area contributed by atoms with Crippen LogP contribution in [0.3, 0.4) is 0 Å². The molecule has 2 aromatic heterocycles. The maximum atomic E-state index is 13.2. The number of benzene rings is 2. The lowest BCUT2D eigenvalue weighted by atomic mass is 10.1. The van der Waals surface area contributed by atoms with Crippen LogP contribution in [0.5, 0.6) is 0 Å². The number of amides is 2. The number of hydrogen-bond donors (Lipinski definition) is 3. The molecule has 0 spiro atoms. The molecule has 0 unspecified atom stereocenters. The van der Waals surface area contributed by atoms with Gasteiger partial charge in [-0.15, -0.1) is 0 Å². The van der Waals surface area contributed by atoms with Crippen LogP contribution >= 0.6 is 0 Å². The number of rotatable bonds is 3. The second-order valence-corrected chi connectivity index (χ2v) is 5.97. The summed E-state index contributed by atoms with van der Waals surface area (Å²) in [6.45, 7) is 0. The lowest BCUT2D eigenvalue weighted by molar-refractivity contribution is 0.262. The smallest absolute Gasteiger partial charge is 0.323 e. The highest BCUT2D eigenvalue weighted by Crippen LogP contribution is 2.28. The van der Waals surface area contributed by atoms with E-state index in [1.54, 1.807) is 24.5 Å². The molecule has 27 heavy (non-hydrogen) atoms. The fourth-order valence-corrected chi connectivity index (χ4v) is 2.90. The number of nitrogens with two attached hydrogens (primary N) is 1. The molecule has 7 heteroatoms. The van der Waals surface area contributed by atoms with Crippen molar-refractivity contribution in [3.8, 4) is 11.1 Å². The van der Waals surface area contributed by atoms with Gasteiger partial charge in [0.15, 0.2) is 0 Å². The van der Waals surface area contributed by atoms with Crippen LogP contribution in [0.2, 0.25) is 0 Å². The molecule has 134 valence electrons. The summed E-state index contributed by atoms with van der Waals surface area (Å²) in [4.78, 5) is 16.2. The zero-order valence-corrected chi connectivity index (χ0v) is 14.2. The maximum Gasteiger partial charge on any atom is 0.323 e. The maximum absolute atomic E-state index is 13.2. The molecule has 4 N–H and O–H groups in total. The molecule has 0 fully saturated rings. The van der Waals surface area contributed by atoms with Gasteiger partial charge in [-0.05, 0) is 42.0 Å². The Morgan fingerprint density at radius 1 is 1.00 bits per heavy atom. The molecule has 4 rings (SSSR count). The van der Waals surface area contributed by atoms with Crippen LogP contribution in [0.15, 0.2) is 73.2 Å². The number of nitrogens with one attached hydrogen (secondary N) is 2. The number of urea groups is 1. The zero-order chi connectivity index (χ0) is 18.8. The molecule has 0 aliphatic heterocycles. The van der Waals surface area contributed by atoms with Gasteiger partial charge in [0.05, 0.1) is 5.52 Å². The zero-order valence-electron chi connectivity index (χ0n) is 14.2. The molecular weight excluding hydrogens is 345 g/mol. The third-order valence-electron chi connectivity index (χ3n) is 4.12. The van der Waals surface area contributed by atoms with E-state index in [-0.39, 0.29) is 0 Å². The first-order chi connectivity index (χ1) is 13.1. The van der Waals surface area contributed by atoms with Crippen LogP contribution in [0, 0.1) is 5.82 Å². The van der Waals surface area contributed by atoms with Crippen LogP contribution in [0.4, 0.5) is 26.4 Å². The van der Waals surface area contributed by atoms with E-state index in [1.807, 2.05) is 34.9 Å². The number of fused-ring (bicyclic) bond motifs is 1. The van der Waals surface area contributed by atoms with Gasteiger partial charge in [-0.3, -0.25) is 0 Å². The van der Waals surface area contributed by atoms with Crippen LogP contribution in [0.1, 0.15) is 0 Å². The summed E-state index contributed by atoms with van der Waals surface area (Å²) in [6, 6.07) is 16.5.